The van der Waals surface area contributed by atoms with Crippen molar-refractivity contribution in [2.45, 2.75) is 57.9 Å². The molecule has 3 nitrogen and oxygen atoms in total. The Hall–Kier alpha value is -0.570. The Morgan fingerprint density at radius 1 is 1.38 bits per heavy atom. The number of nitrogens with one attached hydrogen (secondary N) is 1. The lowest BCUT2D eigenvalue weighted by Gasteiger charge is -2.23. The molecule has 2 rings (SSSR count). The first kappa shape index (κ1) is 11.9. The van der Waals surface area contributed by atoms with Crippen LogP contribution in [0.1, 0.15) is 51.9 Å². The lowest BCUT2D eigenvalue weighted by molar-refractivity contribution is -0.130. The molecule has 2 saturated carbocycles. The van der Waals surface area contributed by atoms with E-state index in [2.05, 4.69) is 12.2 Å². The van der Waals surface area contributed by atoms with Crippen LogP contribution >= 0.6 is 0 Å². The molecule has 2 aliphatic rings. The van der Waals surface area contributed by atoms with E-state index in [9.17, 15) is 4.79 Å². The molecule has 2 fully saturated rings. The normalized spacial score (nSPS) is 32.9. The van der Waals surface area contributed by atoms with E-state index in [1.54, 1.807) is 0 Å². The summed E-state index contributed by atoms with van der Waals surface area (Å²) in [6.07, 6.45) is 7.91. The number of hydrogen-bond donors (Lipinski definition) is 2. The Kier molecular flexibility index (Phi) is 3.53. The van der Waals surface area contributed by atoms with Crippen LogP contribution in [-0.2, 0) is 4.79 Å². The SMILES string of the molecule is CC1(C(=O)NCC2CCC(N)C2)CCCC1. The molecule has 0 aromatic carbocycles. The Labute approximate surface area is 98.2 Å². The maximum Gasteiger partial charge on any atom is 0.225 e. The van der Waals surface area contributed by atoms with Gasteiger partial charge in [-0.2, -0.15) is 0 Å². The van der Waals surface area contributed by atoms with Gasteiger partial charge >= 0.3 is 0 Å². The summed E-state index contributed by atoms with van der Waals surface area (Å²) in [6.45, 7) is 2.94. The minimum Gasteiger partial charge on any atom is -0.355 e. The fourth-order valence-electron chi connectivity index (χ4n) is 3.13. The van der Waals surface area contributed by atoms with Crippen LogP contribution in [0.25, 0.3) is 0 Å². The van der Waals surface area contributed by atoms with Gasteiger partial charge in [0.15, 0.2) is 0 Å². The summed E-state index contributed by atoms with van der Waals surface area (Å²) in [5, 5.41) is 3.13. The van der Waals surface area contributed by atoms with Crippen LogP contribution in [0.15, 0.2) is 0 Å². The highest BCUT2D eigenvalue weighted by molar-refractivity contribution is 5.82. The van der Waals surface area contributed by atoms with Gasteiger partial charge in [-0.05, 0) is 38.0 Å². The van der Waals surface area contributed by atoms with Crippen LogP contribution in [0.3, 0.4) is 0 Å². The number of amides is 1. The third-order valence-corrected chi connectivity index (χ3v) is 4.39. The van der Waals surface area contributed by atoms with Gasteiger partial charge in [0.25, 0.3) is 0 Å². The van der Waals surface area contributed by atoms with Crippen LogP contribution in [0.5, 0.6) is 0 Å². The highest BCUT2D eigenvalue weighted by Crippen LogP contribution is 2.37. The van der Waals surface area contributed by atoms with Gasteiger partial charge in [-0.1, -0.05) is 19.8 Å². The highest BCUT2D eigenvalue weighted by atomic mass is 16.2. The molecule has 0 saturated heterocycles. The molecule has 0 radical (unpaired) electrons. The lowest BCUT2D eigenvalue weighted by atomic mass is 9.87. The zero-order valence-corrected chi connectivity index (χ0v) is 10.3. The molecule has 0 aliphatic heterocycles. The first-order chi connectivity index (χ1) is 7.60. The highest BCUT2D eigenvalue weighted by Gasteiger charge is 2.36. The molecule has 92 valence electrons. The van der Waals surface area contributed by atoms with Crippen molar-refractivity contribution in [3.8, 4) is 0 Å². The summed E-state index contributed by atoms with van der Waals surface area (Å²) in [5.74, 6) is 0.884. The molecule has 0 aromatic heterocycles. The molecule has 3 N–H and O–H groups in total. The molecular weight excluding hydrogens is 200 g/mol. The summed E-state index contributed by atoms with van der Waals surface area (Å²) in [5.41, 5.74) is 5.78. The molecule has 2 atom stereocenters. The molecule has 1 amide bonds. The summed E-state index contributed by atoms with van der Waals surface area (Å²) < 4.78 is 0. The van der Waals surface area contributed by atoms with Crippen molar-refractivity contribution in [3.05, 3.63) is 0 Å². The molecule has 0 bridgehead atoms. The number of carbonyl (C=O) groups excluding carboxylic acids is 1. The molecule has 2 unspecified atom stereocenters. The summed E-state index contributed by atoms with van der Waals surface area (Å²) >= 11 is 0. The van der Waals surface area contributed by atoms with Gasteiger partial charge in [0, 0.05) is 18.0 Å². The van der Waals surface area contributed by atoms with Crippen LogP contribution in [0.2, 0.25) is 0 Å². The first-order valence-electron chi connectivity index (χ1n) is 6.64. The van der Waals surface area contributed by atoms with Crippen LogP contribution in [0, 0.1) is 11.3 Å². The zero-order chi connectivity index (χ0) is 11.6. The van der Waals surface area contributed by atoms with Crippen molar-refractivity contribution in [1.29, 1.82) is 0 Å². The van der Waals surface area contributed by atoms with Crippen molar-refractivity contribution in [3.63, 3.8) is 0 Å². The standard InChI is InChI=1S/C13H24N2O/c1-13(6-2-3-7-13)12(16)15-9-10-4-5-11(14)8-10/h10-11H,2-9,14H2,1H3,(H,15,16). The van der Waals surface area contributed by atoms with Crippen molar-refractivity contribution in [2.24, 2.45) is 17.1 Å². The predicted molar refractivity (Wildman–Crippen MR) is 64.9 cm³/mol. The Morgan fingerprint density at radius 2 is 2.06 bits per heavy atom. The summed E-state index contributed by atoms with van der Waals surface area (Å²) in [7, 11) is 0. The summed E-state index contributed by atoms with van der Waals surface area (Å²) in [4.78, 5) is 12.1. The molecule has 0 spiro atoms. The average Bonchev–Trinajstić information content (AvgIpc) is 2.85. The van der Waals surface area contributed by atoms with E-state index in [0.29, 0.717) is 12.0 Å². The van der Waals surface area contributed by atoms with Gasteiger partial charge in [0.1, 0.15) is 0 Å². The quantitative estimate of drug-likeness (QED) is 0.768. The van der Waals surface area contributed by atoms with Crippen molar-refractivity contribution < 1.29 is 4.79 Å². The minimum absolute atomic E-state index is 0.0826. The van der Waals surface area contributed by atoms with Crippen LogP contribution in [0.4, 0.5) is 0 Å². The van der Waals surface area contributed by atoms with E-state index in [4.69, 9.17) is 5.73 Å². The van der Waals surface area contributed by atoms with E-state index in [-0.39, 0.29) is 11.3 Å². The first-order valence-corrected chi connectivity index (χ1v) is 6.64. The topological polar surface area (TPSA) is 55.1 Å². The van der Waals surface area contributed by atoms with E-state index in [1.165, 1.54) is 19.3 Å². The van der Waals surface area contributed by atoms with Gasteiger partial charge in [0.05, 0.1) is 0 Å². The Morgan fingerprint density at radius 3 is 2.62 bits per heavy atom. The third kappa shape index (κ3) is 2.57. The van der Waals surface area contributed by atoms with E-state index in [0.717, 1.165) is 32.2 Å². The Bertz CT molecular complexity index is 259. The van der Waals surface area contributed by atoms with Crippen LogP contribution < -0.4 is 11.1 Å². The van der Waals surface area contributed by atoms with Gasteiger partial charge in [0.2, 0.25) is 5.91 Å². The van der Waals surface area contributed by atoms with Gasteiger partial charge in [-0.3, -0.25) is 4.79 Å². The maximum atomic E-state index is 12.1. The zero-order valence-electron chi connectivity index (χ0n) is 10.3. The number of nitrogens with two attached hydrogens (primary N) is 1. The second kappa shape index (κ2) is 4.74. The number of carbonyl (C=O) groups is 1. The molecular formula is C13H24N2O. The second-order valence-electron chi connectivity index (χ2n) is 5.92. The third-order valence-electron chi connectivity index (χ3n) is 4.39. The fourth-order valence-corrected chi connectivity index (χ4v) is 3.13. The fraction of sp³-hybridized carbons (Fsp3) is 0.923. The van der Waals surface area contributed by atoms with E-state index in [1.807, 2.05) is 0 Å². The molecule has 2 aliphatic carbocycles. The van der Waals surface area contributed by atoms with E-state index < -0.39 is 0 Å². The largest absolute Gasteiger partial charge is 0.355 e. The lowest BCUT2D eigenvalue weighted by Crippen LogP contribution is -2.39. The monoisotopic (exact) mass is 224 g/mol. The molecule has 0 aromatic rings. The van der Waals surface area contributed by atoms with E-state index >= 15 is 0 Å². The second-order valence-corrected chi connectivity index (χ2v) is 5.92. The van der Waals surface area contributed by atoms with Gasteiger partial charge in [-0.25, -0.2) is 0 Å². The Balaban J connectivity index is 1.75. The predicted octanol–water partition coefficient (Wildman–Crippen LogP) is 1.81. The van der Waals surface area contributed by atoms with Gasteiger partial charge in [-0.15, -0.1) is 0 Å². The maximum absolute atomic E-state index is 12.1. The molecule has 0 heterocycles. The number of rotatable bonds is 3. The van der Waals surface area contributed by atoms with Crippen LogP contribution in [-0.4, -0.2) is 18.5 Å². The van der Waals surface area contributed by atoms with Crippen molar-refractivity contribution >= 4 is 5.91 Å². The minimum atomic E-state index is -0.0826. The molecule has 3 heteroatoms. The summed E-state index contributed by atoms with van der Waals surface area (Å²) in [6, 6.07) is 0.365. The van der Waals surface area contributed by atoms with Gasteiger partial charge < -0.3 is 11.1 Å². The number of hydrogen-bond acceptors (Lipinski definition) is 2. The smallest absolute Gasteiger partial charge is 0.225 e. The van der Waals surface area contributed by atoms with Crippen molar-refractivity contribution in [2.75, 3.05) is 6.54 Å². The van der Waals surface area contributed by atoms with Crippen molar-refractivity contribution in [1.82, 2.24) is 5.32 Å². The average molecular weight is 224 g/mol. The molecule has 16 heavy (non-hydrogen) atoms.